The summed E-state index contributed by atoms with van der Waals surface area (Å²) in [6.07, 6.45) is 29.4. The van der Waals surface area contributed by atoms with Crippen LogP contribution in [0.5, 0.6) is 0 Å². The van der Waals surface area contributed by atoms with Gasteiger partial charge in [0.1, 0.15) is 13.2 Å². The number of aliphatic hydroxyl groups excluding tert-OH is 1. The van der Waals surface area contributed by atoms with Gasteiger partial charge in [-0.25, -0.2) is 4.57 Å². The van der Waals surface area contributed by atoms with E-state index in [1.54, 1.807) is 6.08 Å². The lowest BCUT2D eigenvalue weighted by atomic mass is 10.1. The van der Waals surface area contributed by atoms with Crippen LogP contribution in [0.25, 0.3) is 0 Å². The third kappa shape index (κ3) is 27.5. The Morgan fingerprint density at radius 1 is 0.786 bits per heavy atom. The van der Waals surface area contributed by atoms with E-state index in [1.807, 2.05) is 34.1 Å². The molecular formula is C33H64N2O6P+. The fraction of sp³-hybridized carbons (Fsp3) is 0.788. The Bertz CT molecular complexity index is 794. The van der Waals surface area contributed by atoms with Crippen molar-refractivity contribution in [2.75, 3.05) is 40.9 Å². The van der Waals surface area contributed by atoms with Crippen molar-refractivity contribution in [3.63, 3.8) is 0 Å². The number of nitrogens with one attached hydrogen (secondary N) is 1. The fourth-order valence-electron chi connectivity index (χ4n) is 4.17. The first kappa shape index (κ1) is 40.7. The number of quaternary nitrogens is 1. The number of allylic oxidation sites excluding steroid dienone is 5. The van der Waals surface area contributed by atoms with Crippen molar-refractivity contribution in [1.29, 1.82) is 0 Å². The minimum Gasteiger partial charge on any atom is -0.387 e. The molecule has 0 bridgehead atoms. The van der Waals surface area contributed by atoms with E-state index >= 15 is 0 Å². The fourth-order valence-corrected chi connectivity index (χ4v) is 4.91. The number of phosphoric acid groups is 1. The van der Waals surface area contributed by atoms with E-state index < -0.39 is 20.0 Å². The van der Waals surface area contributed by atoms with Crippen molar-refractivity contribution < 1.29 is 32.9 Å². The minimum absolute atomic E-state index is 0.0513. The molecule has 3 N–H and O–H groups in total. The highest BCUT2D eigenvalue weighted by atomic mass is 31.2. The number of hydrogen-bond acceptors (Lipinski definition) is 5. The molecule has 0 aliphatic carbocycles. The molecule has 0 radical (unpaired) electrons. The van der Waals surface area contributed by atoms with Gasteiger partial charge in [0.25, 0.3) is 0 Å². The number of likely N-dealkylation sites (N-methyl/N-ethyl adjacent to an activating group) is 1. The molecule has 246 valence electrons. The number of phosphoric ester groups is 1. The third-order valence-electron chi connectivity index (χ3n) is 6.81. The summed E-state index contributed by atoms with van der Waals surface area (Å²) >= 11 is 0. The summed E-state index contributed by atoms with van der Waals surface area (Å²) in [6.45, 7) is 4.38. The van der Waals surface area contributed by atoms with Crippen molar-refractivity contribution in [2.24, 2.45) is 0 Å². The first-order valence-electron chi connectivity index (χ1n) is 16.4. The van der Waals surface area contributed by atoms with Crippen LogP contribution in [-0.4, -0.2) is 73.4 Å². The molecule has 1 amide bonds. The van der Waals surface area contributed by atoms with Crippen molar-refractivity contribution >= 4 is 13.7 Å². The topological polar surface area (TPSA) is 105 Å². The average Bonchev–Trinajstić information content (AvgIpc) is 2.91. The van der Waals surface area contributed by atoms with Gasteiger partial charge in [0.15, 0.2) is 0 Å². The zero-order chi connectivity index (χ0) is 31.5. The Labute approximate surface area is 257 Å². The second-order valence-corrected chi connectivity index (χ2v) is 13.6. The highest BCUT2D eigenvalue weighted by Crippen LogP contribution is 2.43. The molecular weight excluding hydrogens is 551 g/mol. The SMILES string of the molecule is CCCCCCCCCCC/C=C/CC/C=C/CC/C=C/C(O)C(COP(=O)(O)OCC[N+](C)(C)C)NC(=O)CCC. The van der Waals surface area contributed by atoms with Gasteiger partial charge >= 0.3 is 7.82 Å². The van der Waals surface area contributed by atoms with E-state index in [0.717, 1.165) is 25.7 Å². The molecule has 0 heterocycles. The number of nitrogens with zero attached hydrogens (tertiary/aromatic N) is 1. The molecule has 9 heteroatoms. The predicted octanol–water partition coefficient (Wildman–Crippen LogP) is 7.62. The van der Waals surface area contributed by atoms with Gasteiger partial charge in [-0.3, -0.25) is 13.8 Å². The van der Waals surface area contributed by atoms with E-state index in [9.17, 15) is 19.4 Å². The lowest BCUT2D eigenvalue weighted by Gasteiger charge is -2.25. The Morgan fingerprint density at radius 3 is 1.86 bits per heavy atom. The van der Waals surface area contributed by atoms with Gasteiger partial charge in [0, 0.05) is 6.42 Å². The molecule has 0 aromatic carbocycles. The highest BCUT2D eigenvalue weighted by Gasteiger charge is 2.27. The van der Waals surface area contributed by atoms with Crippen molar-refractivity contribution in [3.8, 4) is 0 Å². The first-order chi connectivity index (χ1) is 20.0. The standard InChI is InChI=1S/C33H63N2O6P/c1-6-8-9-10-11-12-13-14-15-16-17-18-19-20-21-22-23-24-25-27-32(36)31(34-33(37)26-7-2)30-41-42(38,39)40-29-28-35(3,4)5/h17-18,21-22,25,27,31-32,36H,6-16,19-20,23-24,26,28-30H2,1-5H3,(H-,34,37,38,39)/p+1/b18-17+,22-21+,27-25+. The number of aliphatic hydroxyl groups is 1. The Morgan fingerprint density at radius 2 is 1.31 bits per heavy atom. The molecule has 0 saturated heterocycles. The number of amides is 1. The molecule has 0 aromatic heterocycles. The molecule has 0 aromatic rings. The Kier molecular flexibility index (Phi) is 25.4. The summed E-state index contributed by atoms with van der Waals surface area (Å²) in [5.41, 5.74) is 0. The van der Waals surface area contributed by atoms with Crippen LogP contribution >= 0.6 is 7.82 Å². The van der Waals surface area contributed by atoms with E-state index in [-0.39, 0.29) is 19.1 Å². The summed E-state index contributed by atoms with van der Waals surface area (Å²) in [5.74, 6) is -0.248. The van der Waals surface area contributed by atoms with E-state index in [2.05, 4.69) is 36.5 Å². The van der Waals surface area contributed by atoms with Crippen LogP contribution in [0.15, 0.2) is 36.5 Å². The summed E-state index contributed by atoms with van der Waals surface area (Å²) in [5, 5.41) is 13.3. The summed E-state index contributed by atoms with van der Waals surface area (Å²) < 4.78 is 23.0. The van der Waals surface area contributed by atoms with Gasteiger partial charge in [0.05, 0.1) is 39.9 Å². The summed E-state index contributed by atoms with van der Waals surface area (Å²) in [4.78, 5) is 22.1. The molecule has 42 heavy (non-hydrogen) atoms. The second kappa shape index (κ2) is 26.2. The van der Waals surface area contributed by atoms with Crippen LogP contribution in [0.4, 0.5) is 0 Å². The van der Waals surface area contributed by atoms with Crippen LogP contribution in [0.3, 0.4) is 0 Å². The molecule has 0 aliphatic rings. The Hall–Kier alpha value is -1.28. The predicted molar refractivity (Wildman–Crippen MR) is 175 cm³/mol. The number of hydrogen-bond donors (Lipinski definition) is 3. The first-order valence-corrected chi connectivity index (χ1v) is 17.9. The largest absolute Gasteiger partial charge is 0.472 e. The molecule has 0 rings (SSSR count). The number of rotatable bonds is 28. The average molecular weight is 616 g/mol. The zero-order valence-electron chi connectivity index (χ0n) is 27.5. The normalized spacial score (nSPS) is 15.5. The maximum atomic E-state index is 12.3. The van der Waals surface area contributed by atoms with Gasteiger partial charge in [-0.2, -0.15) is 0 Å². The maximum Gasteiger partial charge on any atom is 0.472 e. The van der Waals surface area contributed by atoms with Gasteiger partial charge in [0.2, 0.25) is 5.91 Å². The lowest BCUT2D eigenvalue weighted by Crippen LogP contribution is -2.45. The van der Waals surface area contributed by atoms with Crippen LogP contribution in [0, 0.1) is 0 Å². The zero-order valence-corrected chi connectivity index (χ0v) is 28.4. The minimum atomic E-state index is -4.31. The lowest BCUT2D eigenvalue weighted by molar-refractivity contribution is -0.870. The third-order valence-corrected chi connectivity index (χ3v) is 7.79. The van der Waals surface area contributed by atoms with E-state index in [4.69, 9.17) is 9.05 Å². The molecule has 0 fully saturated rings. The van der Waals surface area contributed by atoms with Crippen LogP contribution in [0.1, 0.15) is 117 Å². The summed E-state index contributed by atoms with van der Waals surface area (Å²) in [6, 6.07) is -0.861. The molecule has 0 saturated carbocycles. The van der Waals surface area contributed by atoms with Gasteiger partial charge in [-0.05, 0) is 44.9 Å². The maximum absolute atomic E-state index is 12.3. The quantitative estimate of drug-likeness (QED) is 0.0362. The van der Waals surface area contributed by atoms with Crippen molar-refractivity contribution in [2.45, 2.75) is 129 Å². The molecule has 0 aliphatic heterocycles. The van der Waals surface area contributed by atoms with Gasteiger partial charge < -0.3 is 19.8 Å². The monoisotopic (exact) mass is 615 g/mol. The smallest absolute Gasteiger partial charge is 0.387 e. The van der Waals surface area contributed by atoms with Crippen LogP contribution < -0.4 is 5.32 Å². The molecule has 3 unspecified atom stereocenters. The molecule has 3 atom stereocenters. The van der Waals surface area contributed by atoms with E-state index in [0.29, 0.717) is 23.9 Å². The molecule has 0 spiro atoms. The van der Waals surface area contributed by atoms with Crippen molar-refractivity contribution in [1.82, 2.24) is 5.32 Å². The molecule has 8 nitrogen and oxygen atoms in total. The number of unbranched alkanes of at least 4 members (excludes halogenated alkanes) is 11. The summed E-state index contributed by atoms with van der Waals surface area (Å²) in [7, 11) is 1.53. The van der Waals surface area contributed by atoms with Gasteiger partial charge in [-0.1, -0.05) is 102 Å². The van der Waals surface area contributed by atoms with Gasteiger partial charge in [-0.15, -0.1) is 0 Å². The van der Waals surface area contributed by atoms with Crippen LogP contribution in [-0.2, 0) is 18.4 Å². The number of carbonyl (C=O) groups is 1. The number of carbonyl (C=O) groups excluding carboxylic acids is 1. The van der Waals surface area contributed by atoms with E-state index in [1.165, 1.54) is 64.2 Å². The Balaban J connectivity index is 4.25. The van der Waals surface area contributed by atoms with Crippen LogP contribution in [0.2, 0.25) is 0 Å². The second-order valence-electron chi connectivity index (χ2n) is 12.2. The highest BCUT2D eigenvalue weighted by molar-refractivity contribution is 7.47. The van der Waals surface area contributed by atoms with Crippen molar-refractivity contribution in [3.05, 3.63) is 36.5 Å².